The number of rotatable bonds is 1. The van der Waals surface area contributed by atoms with E-state index in [9.17, 15) is 14.7 Å². The molecular weight excluding hydrogens is 514 g/mol. The van der Waals surface area contributed by atoms with Crippen molar-refractivity contribution in [2.24, 2.45) is 11.7 Å². The van der Waals surface area contributed by atoms with E-state index in [0.29, 0.717) is 29.5 Å². The normalized spacial score (nSPS) is 24.2. The molecule has 0 aromatic heterocycles. The van der Waals surface area contributed by atoms with Gasteiger partial charge in [-0.2, -0.15) is 0 Å². The van der Waals surface area contributed by atoms with Gasteiger partial charge in [0.25, 0.3) is 5.91 Å². The minimum absolute atomic E-state index is 0.293. The second-order valence-corrected chi connectivity index (χ2v) is 11.2. The molecule has 8 heteroatoms. The Balaban J connectivity index is 1.79. The average molecular weight is 554 g/mol. The number of allylic oxidation sites excluding steroid dienone is 1. The molecule has 0 spiro atoms. The number of aryl methyl sites for hydroxylation is 1. The second kappa shape index (κ2) is 12.9. The van der Waals surface area contributed by atoms with Gasteiger partial charge in [-0.1, -0.05) is 42.3 Å². The number of halogens is 1. The molecule has 2 bridgehead atoms. The molecule has 2 aromatic rings. The van der Waals surface area contributed by atoms with Gasteiger partial charge < -0.3 is 25.4 Å². The van der Waals surface area contributed by atoms with Gasteiger partial charge in [0.2, 0.25) is 5.91 Å². The Morgan fingerprint density at radius 2 is 1.82 bits per heavy atom. The van der Waals surface area contributed by atoms with E-state index in [1.165, 1.54) is 10.5 Å². The maximum absolute atomic E-state index is 13.3. The number of carbonyl (C=O) groups excluding carboxylic acids is 2. The van der Waals surface area contributed by atoms with Gasteiger partial charge in [-0.05, 0) is 86.4 Å². The molecule has 2 aliphatic rings. The molecule has 39 heavy (non-hydrogen) atoms. The van der Waals surface area contributed by atoms with Crippen LogP contribution in [-0.2, 0) is 28.2 Å². The van der Waals surface area contributed by atoms with E-state index in [0.717, 1.165) is 69.3 Å². The highest BCUT2D eigenvalue weighted by molar-refractivity contribution is 6.30. The standard InChI is InChI=1S/C31H40ClN3O4/c1-22-29(36)34(2)16-8-5-3-4-6-9-17-35-18-10-7-11-23-19-26(32)14-12-24(23)21-39-28-15-13-25(20-27(28)35)31(22,38)30(33)37/h5,8,12-15,19-20,22,38H,3-4,6-7,9-11,16-18,21H2,1-2H3,(H2,33,37)/b8-5+/t22-,31+/m1/s1. The van der Waals surface area contributed by atoms with Crippen LogP contribution in [0.3, 0.4) is 0 Å². The van der Waals surface area contributed by atoms with Gasteiger partial charge in [0.05, 0.1) is 11.6 Å². The van der Waals surface area contributed by atoms with Gasteiger partial charge >= 0.3 is 0 Å². The molecule has 2 aromatic carbocycles. The first-order valence-corrected chi connectivity index (χ1v) is 14.3. The lowest BCUT2D eigenvalue weighted by Gasteiger charge is -2.34. The Hall–Kier alpha value is -3.03. The fourth-order valence-corrected chi connectivity index (χ4v) is 5.71. The summed E-state index contributed by atoms with van der Waals surface area (Å²) in [5.74, 6) is -1.72. The van der Waals surface area contributed by atoms with Gasteiger partial charge in [0.1, 0.15) is 12.4 Å². The van der Waals surface area contributed by atoms with Gasteiger partial charge in [-0.15, -0.1) is 0 Å². The number of ether oxygens (including phenoxy) is 1. The van der Waals surface area contributed by atoms with Gasteiger partial charge in [-0.25, -0.2) is 0 Å². The van der Waals surface area contributed by atoms with Gasteiger partial charge in [-0.3, -0.25) is 9.59 Å². The molecule has 210 valence electrons. The summed E-state index contributed by atoms with van der Waals surface area (Å²) in [7, 11) is 1.67. The number of amides is 2. The highest BCUT2D eigenvalue weighted by Crippen LogP contribution is 2.38. The zero-order valence-corrected chi connectivity index (χ0v) is 23.8. The molecule has 0 fully saturated rings. The van der Waals surface area contributed by atoms with Crippen molar-refractivity contribution >= 4 is 29.1 Å². The van der Waals surface area contributed by atoms with Crippen LogP contribution in [0.15, 0.2) is 48.6 Å². The number of carbonyl (C=O) groups is 2. The van der Waals surface area contributed by atoms with Crippen molar-refractivity contribution in [3.63, 3.8) is 0 Å². The number of primary amides is 1. The zero-order valence-electron chi connectivity index (χ0n) is 23.0. The molecule has 0 saturated heterocycles. The molecule has 0 saturated carbocycles. The van der Waals surface area contributed by atoms with Crippen LogP contribution in [0.4, 0.5) is 5.69 Å². The van der Waals surface area contributed by atoms with E-state index < -0.39 is 17.4 Å². The molecule has 2 amide bonds. The van der Waals surface area contributed by atoms with Crippen molar-refractivity contribution in [3.8, 4) is 5.75 Å². The molecule has 2 atom stereocenters. The lowest BCUT2D eigenvalue weighted by molar-refractivity contribution is -0.155. The minimum Gasteiger partial charge on any atom is -0.487 e. The van der Waals surface area contributed by atoms with Crippen LogP contribution in [0.1, 0.15) is 62.1 Å². The van der Waals surface area contributed by atoms with Crippen LogP contribution in [0, 0.1) is 5.92 Å². The first kappa shape index (κ1) is 29.0. The Morgan fingerprint density at radius 1 is 1.05 bits per heavy atom. The summed E-state index contributed by atoms with van der Waals surface area (Å²) in [5, 5.41) is 12.5. The summed E-state index contributed by atoms with van der Waals surface area (Å²) >= 11 is 6.29. The lowest BCUT2D eigenvalue weighted by Crippen LogP contribution is -2.52. The van der Waals surface area contributed by atoms with E-state index in [-0.39, 0.29) is 5.91 Å². The topological polar surface area (TPSA) is 96.1 Å². The highest BCUT2D eigenvalue weighted by Gasteiger charge is 2.46. The van der Waals surface area contributed by atoms with Crippen molar-refractivity contribution in [3.05, 3.63) is 70.3 Å². The Bertz CT molecular complexity index is 1220. The molecule has 0 unspecified atom stereocenters. The first-order valence-electron chi connectivity index (χ1n) is 13.9. The van der Waals surface area contributed by atoms with Crippen molar-refractivity contribution in [1.29, 1.82) is 0 Å². The Kier molecular flexibility index (Phi) is 9.57. The van der Waals surface area contributed by atoms with Crippen LogP contribution in [0.2, 0.25) is 5.02 Å². The number of fused-ring (bicyclic) bond motifs is 2. The smallest absolute Gasteiger partial charge is 0.254 e. The van der Waals surface area contributed by atoms with E-state index in [2.05, 4.69) is 11.0 Å². The molecule has 7 nitrogen and oxygen atoms in total. The quantitative estimate of drug-likeness (QED) is 0.487. The predicted molar refractivity (Wildman–Crippen MR) is 155 cm³/mol. The number of aliphatic hydroxyl groups is 1. The molecule has 4 rings (SSSR count). The van der Waals surface area contributed by atoms with Crippen molar-refractivity contribution < 1.29 is 19.4 Å². The average Bonchev–Trinajstić information content (AvgIpc) is 2.95. The lowest BCUT2D eigenvalue weighted by atomic mass is 9.80. The van der Waals surface area contributed by atoms with Gasteiger partial charge in [0, 0.05) is 31.7 Å². The molecule has 2 heterocycles. The summed E-state index contributed by atoms with van der Waals surface area (Å²) < 4.78 is 6.38. The van der Waals surface area contributed by atoms with E-state index >= 15 is 0 Å². The summed E-state index contributed by atoms with van der Waals surface area (Å²) in [5.41, 5.74) is 6.98. The van der Waals surface area contributed by atoms with Gasteiger partial charge in [0.15, 0.2) is 5.60 Å². The van der Waals surface area contributed by atoms with Crippen LogP contribution in [-0.4, -0.2) is 48.5 Å². The first-order chi connectivity index (χ1) is 18.7. The summed E-state index contributed by atoms with van der Waals surface area (Å²) in [6.45, 7) is 3.94. The largest absolute Gasteiger partial charge is 0.487 e. The van der Waals surface area contributed by atoms with Crippen molar-refractivity contribution in [2.45, 2.75) is 64.1 Å². The molecule has 3 N–H and O–H groups in total. The third-order valence-electron chi connectivity index (χ3n) is 8.01. The fourth-order valence-electron chi connectivity index (χ4n) is 5.52. The van der Waals surface area contributed by atoms with E-state index in [4.69, 9.17) is 22.1 Å². The van der Waals surface area contributed by atoms with Crippen LogP contribution < -0.4 is 15.4 Å². The fraction of sp³-hybridized carbons (Fsp3) is 0.484. The number of nitrogens with zero attached hydrogens (tertiary/aromatic N) is 2. The Labute approximate surface area is 236 Å². The summed E-state index contributed by atoms with van der Waals surface area (Å²) in [6.07, 6.45) is 11.0. The summed E-state index contributed by atoms with van der Waals surface area (Å²) in [4.78, 5) is 29.9. The molecule has 0 radical (unpaired) electrons. The third-order valence-corrected chi connectivity index (χ3v) is 8.24. The number of benzene rings is 2. The minimum atomic E-state index is -2.18. The number of hydrogen-bond acceptors (Lipinski definition) is 5. The molecular formula is C31H40ClN3O4. The number of hydrogen-bond donors (Lipinski definition) is 2. The van der Waals surface area contributed by atoms with E-state index in [1.54, 1.807) is 32.2 Å². The van der Waals surface area contributed by atoms with Crippen LogP contribution in [0.25, 0.3) is 0 Å². The predicted octanol–water partition coefficient (Wildman–Crippen LogP) is 4.96. The monoisotopic (exact) mass is 553 g/mol. The Morgan fingerprint density at radius 3 is 2.59 bits per heavy atom. The maximum atomic E-state index is 13.3. The molecule has 2 aliphatic heterocycles. The SMILES string of the molecule is C[C@@H]1C(=O)N(C)C/C=C/CCCCCN2CCCCc3cc(Cl)ccc3COc3ccc(cc32)[C@]1(O)C(N)=O. The maximum Gasteiger partial charge on any atom is 0.254 e. The summed E-state index contributed by atoms with van der Waals surface area (Å²) in [6, 6.07) is 11.1. The molecule has 0 aliphatic carbocycles. The number of nitrogens with two attached hydrogens (primary N) is 1. The number of anilines is 1. The number of likely N-dealkylation sites (N-methyl/N-ethyl adjacent to an activating group) is 1. The second-order valence-electron chi connectivity index (χ2n) is 10.7. The van der Waals surface area contributed by atoms with Crippen LogP contribution >= 0.6 is 11.6 Å². The van der Waals surface area contributed by atoms with Crippen LogP contribution in [0.5, 0.6) is 5.75 Å². The van der Waals surface area contributed by atoms with E-state index in [1.807, 2.05) is 24.3 Å². The van der Waals surface area contributed by atoms with Crippen molar-refractivity contribution in [1.82, 2.24) is 4.90 Å². The third kappa shape index (κ3) is 6.59. The zero-order chi connectivity index (χ0) is 28.0. The highest BCUT2D eigenvalue weighted by atomic mass is 35.5. The van der Waals surface area contributed by atoms with Crippen molar-refractivity contribution in [2.75, 3.05) is 31.6 Å².